The number of rotatable bonds is 3. The van der Waals surface area contributed by atoms with Gasteiger partial charge in [-0.1, -0.05) is 30.3 Å². The van der Waals surface area contributed by atoms with Gasteiger partial charge in [-0.2, -0.15) is 0 Å². The molecule has 5 heteroatoms. The summed E-state index contributed by atoms with van der Waals surface area (Å²) in [5.74, 6) is 0. The van der Waals surface area contributed by atoms with Crippen LogP contribution in [0, 0.1) is 0 Å². The van der Waals surface area contributed by atoms with Crippen molar-refractivity contribution in [1.82, 2.24) is 4.90 Å². The molecule has 0 saturated carbocycles. The minimum absolute atomic E-state index is 0.429. The number of nitrogens with zero attached hydrogens (tertiary/aromatic N) is 1. The van der Waals surface area contributed by atoms with E-state index in [9.17, 15) is 15.0 Å². The van der Waals surface area contributed by atoms with Crippen LogP contribution in [0.3, 0.4) is 0 Å². The van der Waals surface area contributed by atoms with Gasteiger partial charge in [0.15, 0.2) is 0 Å². The summed E-state index contributed by atoms with van der Waals surface area (Å²) in [4.78, 5) is 14.0. The maximum atomic E-state index is 12.4. The number of hydrogen-bond donors (Lipinski definition) is 2. The van der Waals surface area contributed by atoms with E-state index in [1.165, 1.54) is 0 Å². The Balaban J connectivity index is 2.12. The molecular weight excluding hydrogens is 294 g/mol. The van der Waals surface area contributed by atoms with Crippen molar-refractivity contribution in [3.63, 3.8) is 0 Å². The predicted molar refractivity (Wildman–Crippen MR) is 88.0 cm³/mol. The third-order valence-electron chi connectivity index (χ3n) is 4.04. The summed E-state index contributed by atoms with van der Waals surface area (Å²) < 4.78 is 5.44. The highest BCUT2D eigenvalue weighted by atomic mass is 16.6. The Kier molecular flexibility index (Phi) is 5.65. The molecule has 2 rings (SSSR count). The Morgan fingerprint density at radius 3 is 2.48 bits per heavy atom. The molecule has 0 aliphatic carbocycles. The minimum Gasteiger partial charge on any atom is -0.444 e. The molecule has 1 saturated heterocycles. The lowest BCUT2D eigenvalue weighted by Gasteiger charge is -2.40. The number of carbonyl (C=O) groups excluding carboxylic acids is 1. The monoisotopic (exact) mass is 321 g/mol. The average molecular weight is 321 g/mol. The molecule has 1 aromatic carbocycles. The second-order valence-corrected chi connectivity index (χ2v) is 7.08. The highest BCUT2D eigenvalue weighted by molar-refractivity contribution is 5.68. The van der Waals surface area contributed by atoms with Gasteiger partial charge in [0.25, 0.3) is 0 Å². The molecule has 1 aliphatic heterocycles. The van der Waals surface area contributed by atoms with Crippen LogP contribution in [0.5, 0.6) is 0 Å². The van der Waals surface area contributed by atoms with Crippen LogP contribution in [0.2, 0.25) is 0 Å². The maximum Gasteiger partial charge on any atom is 0.410 e. The van der Waals surface area contributed by atoms with Gasteiger partial charge in [0, 0.05) is 6.54 Å². The zero-order valence-electron chi connectivity index (χ0n) is 14.1. The number of aliphatic hydroxyl groups excluding tert-OH is 2. The first-order valence-corrected chi connectivity index (χ1v) is 8.20. The van der Waals surface area contributed by atoms with Crippen molar-refractivity contribution in [1.29, 1.82) is 0 Å². The SMILES string of the molecule is CC(C)(C)OC(=O)N1CCCCC1C(O)C(O)c1ccccc1. The number of amides is 1. The topological polar surface area (TPSA) is 70.0 Å². The molecule has 128 valence electrons. The summed E-state index contributed by atoms with van der Waals surface area (Å²) in [5, 5.41) is 21.1. The summed E-state index contributed by atoms with van der Waals surface area (Å²) >= 11 is 0. The van der Waals surface area contributed by atoms with Gasteiger partial charge < -0.3 is 19.8 Å². The average Bonchev–Trinajstić information content (AvgIpc) is 2.52. The van der Waals surface area contributed by atoms with Crippen molar-refractivity contribution in [2.75, 3.05) is 6.54 Å². The molecule has 3 unspecified atom stereocenters. The van der Waals surface area contributed by atoms with Crippen LogP contribution in [-0.2, 0) is 4.74 Å². The van der Waals surface area contributed by atoms with Gasteiger partial charge in [0.1, 0.15) is 17.8 Å². The van der Waals surface area contributed by atoms with Crippen LogP contribution in [0.15, 0.2) is 30.3 Å². The number of ether oxygens (including phenoxy) is 1. The molecule has 5 nitrogen and oxygen atoms in total. The number of likely N-dealkylation sites (tertiary alicyclic amines) is 1. The smallest absolute Gasteiger partial charge is 0.410 e. The molecule has 0 aromatic heterocycles. The molecule has 1 heterocycles. The Labute approximate surface area is 137 Å². The molecule has 1 aromatic rings. The van der Waals surface area contributed by atoms with Gasteiger partial charge in [0.2, 0.25) is 0 Å². The summed E-state index contributed by atoms with van der Waals surface area (Å²) in [7, 11) is 0. The number of benzene rings is 1. The number of carbonyl (C=O) groups is 1. The third kappa shape index (κ3) is 4.69. The van der Waals surface area contributed by atoms with Crippen LogP contribution in [0.1, 0.15) is 51.7 Å². The van der Waals surface area contributed by atoms with Crippen molar-refractivity contribution in [3.05, 3.63) is 35.9 Å². The van der Waals surface area contributed by atoms with E-state index in [0.717, 1.165) is 12.8 Å². The van der Waals surface area contributed by atoms with Crippen molar-refractivity contribution in [3.8, 4) is 0 Å². The Morgan fingerprint density at radius 1 is 1.22 bits per heavy atom. The first kappa shape index (κ1) is 17.8. The molecular formula is C18H27NO4. The Hall–Kier alpha value is -1.59. The normalized spacial score (nSPS) is 21.6. The lowest BCUT2D eigenvalue weighted by atomic mass is 9.91. The lowest BCUT2D eigenvalue weighted by Crippen LogP contribution is -2.52. The Morgan fingerprint density at radius 2 is 1.87 bits per heavy atom. The van der Waals surface area contributed by atoms with Crippen LogP contribution in [-0.4, -0.2) is 45.5 Å². The van der Waals surface area contributed by atoms with Gasteiger partial charge in [0.05, 0.1) is 6.04 Å². The summed E-state index contributed by atoms with van der Waals surface area (Å²) in [6, 6.07) is 8.60. The molecule has 0 radical (unpaired) electrons. The molecule has 0 spiro atoms. The van der Waals surface area contributed by atoms with E-state index in [2.05, 4.69) is 0 Å². The lowest BCUT2D eigenvalue weighted by molar-refractivity contribution is -0.0584. The quantitative estimate of drug-likeness (QED) is 0.898. The minimum atomic E-state index is -1.04. The standard InChI is InChI=1S/C18H27NO4/c1-18(2,3)23-17(22)19-12-8-7-11-14(19)16(21)15(20)13-9-5-4-6-10-13/h4-6,9-10,14-16,20-21H,7-8,11-12H2,1-3H3. The van der Waals surface area contributed by atoms with E-state index < -0.39 is 29.9 Å². The second kappa shape index (κ2) is 7.32. The molecule has 0 bridgehead atoms. The third-order valence-corrected chi connectivity index (χ3v) is 4.04. The van der Waals surface area contributed by atoms with E-state index >= 15 is 0 Å². The number of hydrogen-bond acceptors (Lipinski definition) is 4. The zero-order chi connectivity index (χ0) is 17.0. The van der Waals surface area contributed by atoms with Gasteiger partial charge in [-0.05, 0) is 45.6 Å². The van der Waals surface area contributed by atoms with Crippen molar-refractivity contribution in [2.45, 2.75) is 63.9 Å². The van der Waals surface area contributed by atoms with E-state index in [1.807, 2.05) is 39.0 Å². The number of piperidine rings is 1. The van der Waals surface area contributed by atoms with Crippen LogP contribution >= 0.6 is 0 Å². The van der Waals surface area contributed by atoms with E-state index in [4.69, 9.17) is 4.74 Å². The van der Waals surface area contributed by atoms with Crippen molar-refractivity contribution >= 4 is 6.09 Å². The van der Waals surface area contributed by atoms with Gasteiger partial charge in [-0.25, -0.2) is 4.79 Å². The zero-order valence-corrected chi connectivity index (χ0v) is 14.1. The fourth-order valence-corrected chi connectivity index (χ4v) is 2.92. The molecule has 1 fully saturated rings. The van der Waals surface area contributed by atoms with E-state index in [-0.39, 0.29) is 0 Å². The maximum absolute atomic E-state index is 12.4. The van der Waals surface area contributed by atoms with Gasteiger partial charge in [-0.15, -0.1) is 0 Å². The molecule has 1 amide bonds. The summed E-state index contributed by atoms with van der Waals surface area (Å²) in [6.07, 6.45) is -0.0348. The first-order valence-electron chi connectivity index (χ1n) is 8.20. The second-order valence-electron chi connectivity index (χ2n) is 7.08. The van der Waals surface area contributed by atoms with E-state index in [0.29, 0.717) is 18.5 Å². The highest BCUT2D eigenvalue weighted by Crippen LogP contribution is 2.28. The van der Waals surface area contributed by atoms with Gasteiger partial charge in [-0.3, -0.25) is 0 Å². The van der Waals surface area contributed by atoms with Gasteiger partial charge >= 0.3 is 6.09 Å². The molecule has 2 N–H and O–H groups in total. The van der Waals surface area contributed by atoms with Crippen LogP contribution in [0.4, 0.5) is 4.79 Å². The molecule has 23 heavy (non-hydrogen) atoms. The summed E-state index contributed by atoms with van der Waals surface area (Å²) in [5.41, 5.74) is 0.0666. The fourth-order valence-electron chi connectivity index (χ4n) is 2.92. The van der Waals surface area contributed by atoms with E-state index in [1.54, 1.807) is 17.0 Å². The van der Waals surface area contributed by atoms with Crippen LogP contribution < -0.4 is 0 Å². The Bertz CT molecular complexity index is 512. The molecule has 3 atom stereocenters. The first-order chi connectivity index (χ1) is 10.8. The predicted octanol–water partition coefficient (Wildman–Crippen LogP) is 2.87. The number of aliphatic hydroxyl groups is 2. The summed E-state index contributed by atoms with van der Waals surface area (Å²) in [6.45, 7) is 6.00. The van der Waals surface area contributed by atoms with Crippen molar-refractivity contribution in [2.24, 2.45) is 0 Å². The molecule has 1 aliphatic rings. The van der Waals surface area contributed by atoms with Crippen LogP contribution in [0.25, 0.3) is 0 Å². The largest absolute Gasteiger partial charge is 0.444 e. The van der Waals surface area contributed by atoms with Crippen molar-refractivity contribution < 1.29 is 19.7 Å². The highest BCUT2D eigenvalue weighted by Gasteiger charge is 2.37. The fraction of sp³-hybridized carbons (Fsp3) is 0.611.